The van der Waals surface area contributed by atoms with Crippen LogP contribution in [0.3, 0.4) is 0 Å². The monoisotopic (exact) mass is 531 g/mol. The fraction of sp³-hybridized carbons (Fsp3) is 0.464. The summed E-state index contributed by atoms with van der Waals surface area (Å²) in [5.41, 5.74) is 6.26. The molecule has 11 heteroatoms. The van der Waals surface area contributed by atoms with Crippen LogP contribution in [0.25, 0.3) is 28.3 Å². The average molecular weight is 532 g/mol. The molecule has 1 aliphatic rings. The molecule has 4 aromatic rings. The van der Waals surface area contributed by atoms with Gasteiger partial charge >= 0.3 is 0 Å². The Morgan fingerprint density at radius 2 is 1.90 bits per heavy atom. The number of amides is 1. The van der Waals surface area contributed by atoms with Gasteiger partial charge in [0.15, 0.2) is 11.4 Å². The van der Waals surface area contributed by atoms with E-state index < -0.39 is 0 Å². The third-order valence-electron chi connectivity index (χ3n) is 7.47. The van der Waals surface area contributed by atoms with Gasteiger partial charge < -0.3 is 14.5 Å². The summed E-state index contributed by atoms with van der Waals surface area (Å²) in [5, 5.41) is 12.2. The summed E-state index contributed by atoms with van der Waals surface area (Å²) in [6.07, 6.45) is 5.34. The van der Waals surface area contributed by atoms with Crippen LogP contribution in [0, 0.1) is 0 Å². The van der Waals surface area contributed by atoms with Crippen molar-refractivity contribution in [3.8, 4) is 28.4 Å². The zero-order chi connectivity index (χ0) is 27.5. The fourth-order valence-electron chi connectivity index (χ4n) is 5.18. The van der Waals surface area contributed by atoms with Crippen molar-refractivity contribution in [1.82, 2.24) is 39.6 Å². The molecule has 1 fully saturated rings. The SMILES string of the molecule is CCN(CC)CC(=O)N1CCN(c2ccc(-c3[nH]nc(-c4cc(OC)c5ncnn5c4)c3C(C)C)nc2)CC1. The molecule has 0 radical (unpaired) electrons. The highest BCUT2D eigenvalue weighted by molar-refractivity contribution is 5.79. The molecule has 1 saturated heterocycles. The van der Waals surface area contributed by atoms with Crippen molar-refractivity contribution in [1.29, 1.82) is 0 Å². The quantitative estimate of drug-likeness (QED) is 0.351. The predicted octanol–water partition coefficient (Wildman–Crippen LogP) is 3.30. The number of carbonyl (C=O) groups is 1. The molecular formula is C28H37N9O2. The number of aromatic nitrogens is 6. The maximum atomic E-state index is 12.7. The van der Waals surface area contributed by atoms with Gasteiger partial charge in [-0.1, -0.05) is 27.7 Å². The van der Waals surface area contributed by atoms with E-state index in [0.717, 1.165) is 73.2 Å². The molecule has 0 atom stereocenters. The maximum absolute atomic E-state index is 12.7. The van der Waals surface area contributed by atoms with Gasteiger partial charge in [-0.3, -0.25) is 19.8 Å². The van der Waals surface area contributed by atoms with Crippen molar-refractivity contribution in [2.24, 2.45) is 0 Å². The summed E-state index contributed by atoms with van der Waals surface area (Å²) < 4.78 is 7.26. The molecule has 1 aliphatic heterocycles. The first-order valence-electron chi connectivity index (χ1n) is 13.6. The van der Waals surface area contributed by atoms with Crippen LogP contribution in [0.5, 0.6) is 5.75 Å². The number of carbonyl (C=O) groups excluding carboxylic acids is 1. The zero-order valence-corrected chi connectivity index (χ0v) is 23.4. The largest absolute Gasteiger partial charge is 0.493 e. The first-order chi connectivity index (χ1) is 18.9. The van der Waals surface area contributed by atoms with Crippen LogP contribution in [0.15, 0.2) is 36.9 Å². The Kier molecular flexibility index (Phi) is 7.78. The van der Waals surface area contributed by atoms with Gasteiger partial charge in [-0.2, -0.15) is 10.2 Å². The zero-order valence-electron chi connectivity index (χ0n) is 23.4. The van der Waals surface area contributed by atoms with Crippen LogP contribution in [0.1, 0.15) is 39.2 Å². The number of piperazine rings is 1. The summed E-state index contributed by atoms with van der Waals surface area (Å²) in [6.45, 7) is 13.8. The number of aromatic amines is 1. The Bertz CT molecular complexity index is 1410. The molecule has 0 bridgehead atoms. The lowest BCUT2D eigenvalue weighted by atomic mass is 9.96. The molecule has 5 rings (SSSR count). The minimum atomic E-state index is 0.203. The van der Waals surface area contributed by atoms with Crippen molar-refractivity contribution in [3.05, 3.63) is 42.5 Å². The number of anilines is 1. The molecule has 39 heavy (non-hydrogen) atoms. The van der Waals surface area contributed by atoms with Gasteiger partial charge in [-0.05, 0) is 37.2 Å². The molecule has 0 aliphatic carbocycles. The van der Waals surface area contributed by atoms with Crippen molar-refractivity contribution < 1.29 is 9.53 Å². The number of nitrogens with zero attached hydrogens (tertiary/aromatic N) is 8. The summed E-state index contributed by atoms with van der Waals surface area (Å²) >= 11 is 0. The number of rotatable bonds is 9. The van der Waals surface area contributed by atoms with Crippen LogP contribution in [-0.2, 0) is 4.79 Å². The highest BCUT2D eigenvalue weighted by Crippen LogP contribution is 2.36. The smallest absolute Gasteiger partial charge is 0.236 e. The topological polar surface area (TPSA) is 108 Å². The second-order valence-corrected chi connectivity index (χ2v) is 10.1. The molecule has 0 spiro atoms. The molecular weight excluding hydrogens is 494 g/mol. The molecule has 206 valence electrons. The number of hydrogen-bond acceptors (Lipinski definition) is 8. The Hall–Kier alpha value is -3.99. The number of pyridine rings is 2. The van der Waals surface area contributed by atoms with Gasteiger partial charge in [0, 0.05) is 43.5 Å². The lowest BCUT2D eigenvalue weighted by Gasteiger charge is -2.36. The minimum Gasteiger partial charge on any atom is -0.493 e. The van der Waals surface area contributed by atoms with Crippen molar-refractivity contribution in [2.45, 2.75) is 33.6 Å². The molecule has 1 amide bonds. The lowest BCUT2D eigenvalue weighted by molar-refractivity contribution is -0.132. The molecule has 0 saturated carbocycles. The molecule has 4 aromatic heterocycles. The number of likely N-dealkylation sites (N-methyl/N-ethyl adjacent to an activating group) is 1. The third-order valence-corrected chi connectivity index (χ3v) is 7.47. The van der Waals surface area contributed by atoms with Crippen LogP contribution in [0.2, 0.25) is 0 Å². The maximum Gasteiger partial charge on any atom is 0.236 e. The molecule has 0 aromatic carbocycles. The number of nitrogens with one attached hydrogen (secondary N) is 1. The van der Waals surface area contributed by atoms with Crippen molar-refractivity contribution in [3.63, 3.8) is 0 Å². The van der Waals surface area contributed by atoms with Crippen LogP contribution in [0.4, 0.5) is 5.69 Å². The van der Waals surface area contributed by atoms with Gasteiger partial charge in [0.25, 0.3) is 0 Å². The molecule has 1 N–H and O–H groups in total. The fourth-order valence-corrected chi connectivity index (χ4v) is 5.18. The average Bonchev–Trinajstić information content (AvgIpc) is 3.63. The van der Waals surface area contributed by atoms with Crippen LogP contribution < -0.4 is 9.64 Å². The van der Waals surface area contributed by atoms with Gasteiger partial charge in [0.2, 0.25) is 5.91 Å². The highest BCUT2D eigenvalue weighted by Gasteiger charge is 2.24. The molecule has 0 unspecified atom stereocenters. The standard InChI is InChI=1S/C28H37N9O2/c1-6-34(7-2)17-24(38)36-12-10-35(11-13-36)21-8-9-22(29-15-21)27-25(19(3)4)26(32-33-27)20-14-23(39-5)28-30-18-31-37(28)16-20/h8-9,14-16,18-19H,6-7,10-13,17H2,1-5H3,(H,32,33). The summed E-state index contributed by atoms with van der Waals surface area (Å²) in [7, 11) is 1.63. The first-order valence-corrected chi connectivity index (χ1v) is 13.6. The highest BCUT2D eigenvalue weighted by atomic mass is 16.5. The normalized spacial score (nSPS) is 14.1. The van der Waals surface area contributed by atoms with E-state index in [1.54, 1.807) is 11.6 Å². The van der Waals surface area contributed by atoms with Gasteiger partial charge in [0.05, 0.1) is 42.6 Å². The number of H-pyrrole nitrogens is 1. The van der Waals surface area contributed by atoms with Gasteiger partial charge in [-0.15, -0.1) is 0 Å². The van der Waals surface area contributed by atoms with E-state index in [1.165, 1.54) is 6.33 Å². The van der Waals surface area contributed by atoms with E-state index in [2.05, 4.69) is 63.8 Å². The van der Waals surface area contributed by atoms with E-state index in [1.807, 2.05) is 29.4 Å². The van der Waals surface area contributed by atoms with E-state index in [9.17, 15) is 4.79 Å². The van der Waals surface area contributed by atoms with E-state index >= 15 is 0 Å². The number of hydrogen-bond donors (Lipinski definition) is 1. The summed E-state index contributed by atoms with van der Waals surface area (Å²) in [4.78, 5) is 28.2. The number of ether oxygens (including phenoxy) is 1. The van der Waals surface area contributed by atoms with Crippen molar-refractivity contribution in [2.75, 3.05) is 57.8 Å². The van der Waals surface area contributed by atoms with Crippen LogP contribution in [-0.4, -0.2) is 98.4 Å². The number of methoxy groups -OCH3 is 1. The Labute approximate surface area is 228 Å². The molecule has 5 heterocycles. The predicted molar refractivity (Wildman–Crippen MR) is 151 cm³/mol. The van der Waals surface area contributed by atoms with Gasteiger partial charge in [-0.25, -0.2) is 9.50 Å². The van der Waals surface area contributed by atoms with E-state index in [0.29, 0.717) is 17.9 Å². The second kappa shape index (κ2) is 11.4. The first kappa shape index (κ1) is 26.6. The lowest BCUT2D eigenvalue weighted by Crippen LogP contribution is -2.51. The Morgan fingerprint density at radius 1 is 1.13 bits per heavy atom. The number of fused-ring (bicyclic) bond motifs is 1. The minimum absolute atomic E-state index is 0.203. The van der Waals surface area contributed by atoms with E-state index in [-0.39, 0.29) is 11.8 Å². The van der Waals surface area contributed by atoms with E-state index in [4.69, 9.17) is 9.72 Å². The Morgan fingerprint density at radius 3 is 2.54 bits per heavy atom. The third kappa shape index (κ3) is 5.31. The molecule has 11 nitrogen and oxygen atoms in total. The van der Waals surface area contributed by atoms with Gasteiger partial charge in [0.1, 0.15) is 6.33 Å². The summed E-state index contributed by atoms with van der Waals surface area (Å²) in [5.74, 6) is 1.06. The van der Waals surface area contributed by atoms with Crippen molar-refractivity contribution >= 4 is 17.2 Å². The summed E-state index contributed by atoms with van der Waals surface area (Å²) in [6, 6.07) is 6.08. The Balaban J connectivity index is 1.33. The van der Waals surface area contributed by atoms with Crippen LogP contribution >= 0.6 is 0 Å². The second-order valence-electron chi connectivity index (χ2n) is 10.1.